The quantitative estimate of drug-likeness (QED) is 0.397. The van der Waals surface area contributed by atoms with Gasteiger partial charge in [-0.15, -0.1) is 0 Å². The maximum atomic E-state index is 14.3. The molecule has 2 N–H and O–H groups in total. The molecule has 0 amide bonds. The molecular weight excluding hydrogens is 554 g/mol. The highest BCUT2D eigenvalue weighted by molar-refractivity contribution is 9.10. The van der Waals surface area contributed by atoms with Crippen LogP contribution in [0, 0.1) is 5.82 Å². The summed E-state index contributed by atoms with van der Waals surface area (Å²) in [7, 11) is 0. The van der Waals surface area contributed by atoms with Gasteiger partial charge in [0.25, 0.3) is 0 Å². The Kier molecular flexibility index (Phi) is 7.39. The van der Waals surface area contributed by atoms with Gasteiger partial charge in [-0.05, 0) is 66.8 Å². The first kappa shape index (κ1) is 25.9. The average molecular weight is 582 g/mol. The second kappa shape index (κ2) is 10.6. The zero-order valence-corrected chi connectivity index (χ0v) is 21.8. The normalized spacial score (nSPS) is 17.6. The van der Waals surface area contributed by atoms with Gasteiger partial charge in [0.05, 0.1) is 11.3 Å². The number of nitrogens with two attached hydrogens (primary N) is 1. The molecule has 0 spiro atoms. The number of hydrogen-bond donors (Lipinski definition) is 1. The Morgan fingerprint density at radius 3 is 2.43 bits per heavy atom. The molecule has 2 saturated heterocycles. The van der Waals surface area contributed by atoms with Crippen LogP contribution >= 0.6 is 15.9 Å². The molecule has 2 fully saturated rings. The summed E-state index contributed by atoms with van der Waals surface area (Å²) in [6.07, 6.45) is 2.57. The maximum absolute atomic E-state index is 14.3. The minimum Gasteiger partial charge on any atom is -0.383 e. The van der Waals surface area contributed by atoms with Crippen LogP contribution in [0.25, 0.3) is 11.3 Å². The molecule has 37 heavy (non-hydrogen) atoms. The largest absolute Gasteiger partial charge is 0.419 e. The SMILES string of the molecule is Nc1ncnc(N2CCC(c3nc(-c4ccc(C(F)(F)F)c(F)c4)cn3CCN3CCCC3)CC2)c1Br. The van der Waals surface area contributed by atoms with Crippen molar-refractivity contribution < 1.29 is 17.6 Å². The van der Waals surface area contributed by atoms with E-state index >= 15 is 0 Å². The predicted molar refractivity (Wildman–Crippen MR) is 137 cm³/mol. The monoisotopic (exact) mass is 581 g/mol. The summed E-state index contributed by atoms with van der Waals surface area (Å²) in [4.78, 5) is 17.8. The first-order chi connectivity index (χ1) is 17.7. The number of aromatic nitrogens is 4. The van der Waals surface area contributed by atoms with E-state index < -0.39 is 17.6 Å². The highest BCUT2D eigenvalue weighted by atomic mass is 79.9. The van der Waals surface area contributed by atoms with Gasteiger partial charge in [0.2, 0.25) is 0 Å². The third kappa shape index (κ3) is 5.59. The Morgan fingerprint density at radius 2 is 1.76 bits per heavy atom. The lowest BCUT2D eigenvalue weighted by Gasteiger charge is -2.33. The average Bonchev–Trinajstić information content (AvgIpc) is 3.54. The minimum atomic E-state index is -4.74. The number of halogens is 5. The highest BCUT2D eigenvalue weighted by Crippen LogP contribution is 2.36. The summed E-state index contributed by atoms with van der Waals surface area (Å²) in [6.45, 7) is 5.20. The fourth-order valence-electron chi connectivity index (χ4n) is 5.18. The molecule has 2 aromatic heterocycles. The summed E-state index contributed by atoms with van der Waals surface area (Å²) in [6, 6.07) is 3.01. The first-order valence-corrected chi connectivity index (χ1v) is 13.2. The van der Waals surface area contributed by atoms with Crippen LogP contribution in [-0.2, 0) is 12.7 Å². The number of nitrogen functional groups attached to an aromatic ring is 1. The third-order valence-electron chi connectivity index (χ3n) is 7.19. The van der Waals surface area contributed by atoms with Crippen LogP contribution in [0.1, 0.15) is 43.0 Å². The summed E-state index contributed by atoms with van der Waals surface area (Å²) in [5, 5.41) is 0. The van der Waals surface area contributed by atoms with E-state index in [0.717, 1.165) is 75.9 Å². The van der Waals surface area contributed by atoms with E-state index in [1.807, 2.05) is 6.20 Å². The molecule has 3 aromatic rings. The predicted octanol–water partition coefficient (Wildman–Crippen LogP) is 5.32. The van der Waals surface area contributed by atoms with Gasteiger partial charge in [0, 0.05) is 43.9 Å². The van der Waals surface area contributed by atoms with Crippen LogP contribution in [0.4, 0.5) is 29.2 Å². The Bertz CT molecular complexity index is 1250. The molecule has 7 nitrogen and oxygen atoms in total. The molecule has 4 heterocycles. The molecule has 1 aromatic carbocycles. The van der Waals surface area contributed by atoms with Crippen molar-refractivity contribution in [2.24, 2.45) is 0 Å². The van der Waals surface area contributed by atoms with E-state index in [2.05, 4.69) is 40.3 Å². The smallest absolute Gasteiger partial charge is 0.383 e. The van der Waals surface area contributed by atoms with Crippen LogP contribution in [0.2, 0.25) is 0 Å². The Hall–Kier alpha value is -2.73. The third-order valence-corrected chi connectivity index (χ3v) is 7.95. The number of rotatable bonds is 6. The molecule has 0 atom stereocenters. The molecule has 2 aliphatic rings. The van der Waals surface area contributed by atoms with Crippen molar-refractivity contribution in [2.45, 2.75) is 44.3 Å². The van der Waals surface area contributed by atoms with Gasteiger partial charge in [-0.1, -0.05) is 6.07 Å². The molecule has 0 saturated carbocycles. The van der Waals surface area contributed by atoms with Crippen LogP contribution in [0.5, 0.6) is 0 Å². The van der Waals surface area contributed by atoms with Crippen LogP contribution in [0.3, 0.4) is 0 Å². The van der Waals surface area contributed by atoms with Gasteiger partial charge in [-0.25, -0.2) is 19.3 Å². The lowest BCUT2D eigenvalue weighted by atomic mass is 9.96. The van der Waals surface area contributed by atoms with E-state index in [-0.39, 0.29) is 5.92 Å². The highest BCUT2D eigenvalue weighted by Gasteiger charge is 2.34. The number of anilines is 2. The second-order valence-corrected chi connectivity index (χ2v) is 10.4. The molecule has 0 bridgehead atoms. The van der Waals surface area contributed by atoms with Crippen molar-refractivity contribution in [3.05, 3.63) is 52.4 Å². The van der Waals surface area contributed by atoms with Gasteiger partial charge in [0.1, 0.15) is 34.1 Å². The molecule has 0 unspecified atom stereocenters. The van der Waals surface area contributed by atoms with Gasteiger partial charge in [-0.2, -0.15) is 13.2 Å². The van der Waals surface area contributed by atoms with E-state index in [9.17, 15) is 17.6 Å². The number of hydrogen-bond acceptors (Lipinski definition) is 6. The van der Waals surface area contributed by atoms with Crippen molar-refractivity contribution in [3.63, 3.8) is 0 Å². The summed E-state index contributed by atoms with van der Waals surface area (Å²) in [5.74, 6) is 0.889. The number of likely N-dealkylation sites (tertiary alicyclic amines) is 1. The first-order valence-electron chi connectivity index (χ1n) is 12.4. The summed E-state index contributed by atoms with van der Waals surface area (Å²) < 4.78 is 56.3. The molecule has 5 rings (SSSR count). The fraction of sp³-hybridized carbons (Fsp3) is 0.480. The zero-order valence-electron chi connectivity index (χ0n) is 20.2. The van der Waals surface area contributed by atoms with Crippen LogP contribution in [-0.4, -0.2) is 57.1 Å². The van der Waals surface area contributed by atoms with E-state index in [1.165, 1.54) is 25.2 Å². The molecule has 0 aliphatic carbocycles. The van der Waals surface area contributed by atoms with Gasteiger partial charge in [0.15, 0.2) is 0 Å². The Balaban J connectivity index is 1.39. The molecule has 0 radical (unpaired) electrons. The van der Waals surface area contributed by atoms with Crippen molar-refractivity contribution in [3.8, 4) is 11.3 Å². The molecule has 12 heteroatoms. The van der Waals surface area contributed by atoms with Crippen molar-refractivity contribution in [2.75, 3.05) is 43.4 Å². The molecule has 198 valence electrons. The van der Waals surface area contributed by atoms with Crippen molar-refractivity contribution >= 4 is 27.6 Å². The lowest BCUT2D eigenvalue weighted by Crippen LogP contribution is -2.35. The van der Waals surface area contributed by atoms with E-state index in [0.29, 0.717) is 21.5 Å². The summed E-state index contributed by atoms with van der Waals surface area (Å²) >= 11 is 3.48. The van der Waals surface area contributed by atoms with Crippen molar-refractivity contribution in [1.29, 1.82) is 0 Å². The van der Waals surface area contributed by atoms with Gasteiger partial charge >= 0.3 is 6.18 Å². The number of piperidine rings is 1. The van der Waals surface area contributed by atoms with E-state index in [4.69, 9.17) is 10.7 Å². The van der Waals surface area contributed by atoms with E-state index in [1.54, 1.807) is 0 Å². The van der Waals surface area contributed by atoms with Crippen LogP contribution in [0.15, 0.2) is 35.2 Å². The number of imidazole rings is 1. The zero-order chi connectivity index (χ0) is 26.2. The van der Waals surface area contributed by atoms with Crippen molar-refractivity contribution in [1.82, 2.24) is 24.4 Å². The Morgan fingerprint density at radius 1 is 1.03 bits per heavy atom. The molecule has 2 aliphatic heterocycles. The second-order valence-electron chi connectivity index (χ2n) is 9.58. The standard InChI is InChI=1S/C25H28BrF4N7/c26-21-22(31)32-15-33-24(21)36-9-5-16(6-10-36)23-34-20(14-37(23)12-11-35-7-1-2-8-35)17-3-4-18(19(27)13-17)25(28,29)30/h3-4,13-16H,1-2,5-12H2,(H2,31,32,33). The van der Waals surface area contributed by atoms with Gasteiger partial charge < -0.3 is 20.1 Å². The molecular formula is C25H28BrF4N7. The number of alkyl halides is 3. The summed E-state index contributed by atoms with van der Waals surface area (Å²) in [5.41, 5.74) is 5.47. The number of benzene rings is 1. The maximum Gasteiger partial charge on any atom is 0.419 e. The van der Waals surface area contributed by atoms with Crippen LogP contribution < -0.4 is 10.6 Å². The fourth-order valence-corrected chi connectivity index (χ4v) is 5.63. The topological polar surface area (TPSA) is 76.1 Å². The minimum absolute atomic E-state index is 0.154. The van der Waals surface area contributed by atoms with Gasteiger partial charge in [-0.3, -0.25) is 0 Å². The Labute approximate surface area is 220 Å². The number of nitrogens with zero attached hydrogens (tertiary/aromatic N) is 6. The lowest BCUT2D eigenvalue weighted by molar-refractivity contribution is -0.139.